The van der Waals surface area contributed by atoms with Gasteiger partial charge in [0.05, 0.1) is 6.42 Å². The summed E-state index contributed by atoms with van der Waals surface area (Å²) in [6.45, 7) is 17.5. The van der Waals surface area contributed by atoms with Crippen molar-refractivity contribution in [3.8, 4) is 0 Å². The molecule has 0 aliphatic rings. The molecular formula is C31H54N6O4. The van der Waals surface area contributed by atoms with Gasteiger partial charge >= 0.3 is 0 Å². The first-order valence-corrected chi connectivity index (χ1v) is 14.7. The predicted molar refractivity (Wildman–Crippen MR) is 165 cm³/mol. The molecule has 1 aromatic carbocycles. The van der Waals surface area contributed by atoms with Gasteiger partial charge in [-0.05, 0) is 75.6 Å². The Morgan fingerprint density at radius 3 is 2.02 bits per heavy atom. The zero-order valence-corrected chi connectivity index (χ0v) is 26.4. The van der Waals surface area contributed by atoms with Crippen molar-refractivity contribution in [2.45, 2.75) is 105 Å². The second kappa shape index (κ2) is 17.1. The van der Waals surface area contributed by atoms with E-state index in [-0.39, 0.29) is 47.4 Å². The van der Waals surface area contributed by atoms with Gasteiger partial charge in [0.2, 0.25) is 23.6 Å². The Balaban J connectivity index is 2.82. The summed E-state index contributed by atoms with van der Waals surface area (Å²) in [6, 6.07) is 5.51. The number of hydrogen-bond acceptors (Lipinski definition) is 6. The molecule has 10 heteroatoms. The number of unbranched alkanes of at least 4 members (excludes halogenated alkanes) is 1. The lowest BCUT2D eigenvalue weighted by Gasteiger charge is -2.26. The van der Waals surface area contributed by atoms with Crippen LogP contribution in [0.15, 0.2) is 24.3 Å². The van der Waals surface area contributed by atoms with Crippen molar-refractivity contribution in [1.82, 2.24) is 21.3 Å². The third-order valence-corrected chi connectivity index (χ3v) is 6.25. The fourth-order valence-electron chi connectivity index (χ4n) is 3.90. The number of nitrogens with two attached hydrogens (primary N) is 1. The second-order valence-corrected chi connectivity index (χ2v) is 13.3. The van der Waals surface area contributed by atoms with Crippen LogP contribution in [-0.4, -0.2) is 60.9 Å². The fourth-order valence-corrected chi connectivity index (χ4v) is 3.90. The predicted octanol–water partition coefficient (Wildman–Crippen LogP) is 2.86. The molecule has 0 bridgehead atoms. The van der Waals surface area contributed by atoms with Gasteiger partial charge < -0.3 is 32.3 Å². The van der Waals surface area contributed by atoms with Crippen molar-refractivity contribution in [2.24, 2.45) is 17.1 Å². The Morgan fingerprint density at radius 1 is 0.854 bits per heavy atom. The number of anilines is 1. The van der Waals surface area contributed by atoms with Crippen LogP contribution in [0.25, 0.3) is 0 Å². The number of benzene rings is 1. The topological polar surface area (TPSA) is 154 Å². The monoisotopic (exact) mass is 574 g/mol. The standard InChI is InChI=1S/C31H54N6O4/c1-21(2)27(37-25(38)16-18-34-31(6,7)8)29(41)36-24(11-9-10-17-32)28(40)35-23-14-12-22(13-15-23)19-26(39)33-20-30(3,4)5/h12-15,21,24,27,34H,9-11,16-20,32H2,1-8H3,(H,33,39)(H,35,40)(H,36,41)(H,37,38)/t24-,27-/m0/s1. The normalized spacial score (nSPS) is 13.3. The highest BCUT2D eigenvalue weighted by molar-refractivity contribution is 5.98. The minimum Gasteiger partial charge on any atom is -0.355 e. The lowest BCUT2D eigenvalue weighted by molar-refractivity contribution is -0.132. The van der Waals surface area contributed by atoms with Crippen molar-refractivity contribution in [3.05, 3.63) is 29.8 Å². The largest absolute Gasteiger partial charge is 0.355 e. The van der Waals surface area contributed by atoms with Crippen molar-refractivity contribution >= 4 is 29.3 Å². The van der Waals surface area contributed by atoms with Gasteiger partial charge in [0.15, 0.2) is 0 Å². The molecule has 0 saturated heterocycles. The molecule has 4 amide bonds. The quantitative estimate of drug-likeness (QED) is 0.167. The van der Waals surface area contributed by atoms with E-state index < -0.39 is 18.0 Å². The summed E-state index contributed by atoms with van der Waals surface area (Å²) in [5, 5.41) is 14.7. The van der Waals surface area contributed by atoms with Crippen LogP contribution in [0.1, 0.15) is 86.6 Å². The summed E-state index contributed by atoms with van der Waals surface area (Å²) in [5.74, 6) is -1.21. The minimum atomic E-state index is -0.794. The Hall–Kier alpha value is -2.98. The molecule has 1 rings (SSSR count). The molecule has 7 N–H and O–H groups in total. The van der Waals surface area contributed by atoms with Crippen molar-refractivity contribution in [2.75, 3.05) is 25.0 Å². The molecule has 0 radical (unpaired) electrons. The Labute approximate surface area is 246 Å². The summed E-state index contributed by atoms with van der Waals surface area (Å²) in [6.07, 6.45) is 2.28. The molecule has 2 atom stereocenters. The van der Waals surface area contributed by atoms with E-state index in [4.69, 9.17) is 5.73 Å². The average Bonchev–Trinajstić information content (AvgIpc) is 2.85. The van der Waals surface area contributed by atoms with E-state index in [1.807, 2.05) is 34.6 Å². The van der Waals surface area contributed by atoms with Crippen molar-refractivity contribution in [3.63, 3.8) is 0 Å². The number of nitrogens with one attached hydrogen (secondary N) is 5. The van der Waals surface area contributed by atoms with E-state index in [0.29, 0.717) is 38.2 Å². The third kappa shape index (κ3) is 16.2. The zero-order chi connectivity index (χ0) is 31.2. The summed E-state index contributed by atoms with van der Waals surface area (Å²) >= 11 is 0. The molecule has 0 spiro atoms. The van der Waals surface area contributed by atoms with Gasteiger partial charge in [0, 0.05) is 30.7 Å². The maximum Gasteiger partial charge on any atom is 0.246 e. The first-order chi connectivity index (χ1) is 19.0. The number of carbonyl (C=O) groups is 4. The van der Waals surface area contributed by atoms with Gasteiger partial charge in [-0.1, -0.05) is 46.8 Å². The molecule has 0 saturated carbocycles. The van der Waals surface area contributed by atoms with E-state index >= 15 is 0 Å². The van der Waals surface area contributed by atoms with Crippen LogP contribution in [0, 0.1) is 11.3 Å². The Morgan fingerprint density at radius 2 is 1.49 bits per heavy atom. The van der Waals surface area contributed by atoms with Gasteiger partial charge in [0.1, 0.15) is 12.1 Å². The van der Waals surface area contributed by atoms with Gasteiger partial charge in [-0.3, -0.25) is 19.2 Å². The second-order valence-electron chi connectivity index (χ2n) is 13.3. The molecule has 41 heavy (non-hydrogen) atoms. The molecular weight excluding hydrogens is 520 g/mol. The highest BCUT2D eigenvalue weighted by Gasteiger charge is 2.29. The first-order valence-electron chi connectivity index (χ1n) is 14.7. The molecule has 10 nitrogen and oxygen atoms in total. The van der Waals surface area contributed by atoms with E-state index in [1.54, 1.807) is 24.3 Å². The van der Waals surface area contributed by atoms with E-state index in [2.05, 4.69) is 47.4 Å². The van der Waals surface area contributed by atoms with Crippen LogP contribution < -0.4 is 32.3 Å². The summed E-state index contributed by atoms with van der Waals surface area (Å²) in [7, 11) is 0. The van der Waals surface area contributed by atoms with Gasteiger partial charge in [-0.2, -0.15) is 0 Å². The molecule has 0 heterocycles. The van der Waals surface area contributed by atoms with Crippen LogP contribution in [0.3, 0.4) is 0 Å². The molecule has 0 fully saturated rings. The SMILES string of the molecule is CC(C)[C@H](NC(=O)CCNC(C)(C)C)C(=O)N[C@@H](CCCCN)C(=O)Nc1ccc(CC(=O)NCC(C)(C)C)cc1. The third-order valence-electron chi connectivity index (χ3n) is 6.25. The lowest BCUT2D eigenvalue weighted by atomic mass is 9.97. The van der Waals surface area contributed by atoms with Gasteiger partial charge in [0.25, 0.3) is 0 Å². The maximum absolute atomic E-state index is 13.2. The van der Waals surface area contributed by atoms with Crippen LogP contribution in [-0.2, 0) is 25.6 Å². The first kappa shape index (κ1) is 36.0. The highest BCUT2D eigenvalue weighted by atomic mass is 16.2. The van der Waals surface area contributed by atoms with Crippen molar-refractivity contribution in [1.29, 1.82) is 0 Å². The molecule has 0 aliphatic carbocycles. The van der Waals surface area contributed by atoms with E-state index in [0.717, 1.165) is 12.0 Å². The van der Waals surface area contributed by atoms with Crippen LogP contribution >= 0.6 is 0 Å². The average molecular weight is 575 g/mol. The molecule has 232 valence electrons. The summed E-state index contributed by atoms with van der Waals surface area (Å²) in [5.41, 5.74) is 6.93. The number of hydrogen-bond donors (Lipinski definition) is 6. The van der Waals surface area contributed by atoms with Crippen LogP contribution in [0.5, 0.6) is 0 Å². The smallest absolute Gasteiger partial charge is 0.246 e. The van der Waals surface area contributed by atoms with E-state index in [1.165, 1.54) is 0 Å². The molecule has 0 aliphatic heterocycles. The minimum absolute atomic E-state index is 0.00422. The zero-order valence-electron chi connectivity index (χ0n) is 26.4. The number of rotatable bonds is 16. The Bertz CT molecular complexity index is 980. The van der Waals surface area contributed by atoms with Gasteiger partial charge in [-0.25, -0.2) is 0 Å². The van der Waals surface area contributed by atoms with Crippen LogP contribution in [0.4, 0.5) is 5.69 Å². The fraction of sp³-hybridized carbons (Fsp3) is 0.677. The van der Waals surface area contributed by atoms with Gasteiger partial charge in [-0.15, -0.1) is 0 Å². The molecule has 0 unspecified atom stereocenters. The molecule has 1 aromatic rings. The van der Waals surface area contributed by atoms with E-state index in [9.17, 15) is 19.2 Å². The summed E-state index contributed by atoms with van der Waals surface area (Å²) < 4.78 is 0. The highest BCUT2D eigenvalue weighted by Crippen LogP contribution is 2.14. The number of amides is 4. The van der Waals surface area contributed by atoms with Crippen molar-refractivity contribution < 1.29 is 19.2 Å². The maximum atomic E-state index is 13.2. The molecule has 0 aromatic heterocycles. The summed E-state index contributed by atoms with van der Waals surface area (Å²) in [4.78, 5) is 51.2. The lowest BCUT2D eigenvalue weighted by Crippen LogP contribution is -2.54. The number of carbonyl (C=O) groups excluding carboxylic acids is 4. The van der Waals surface area contributed by atoms with Crippen LogP contribution in [0.2, 0.25) is 0 Å². The Kier molecular flexibility index (Phi) is 15.0.